The average molecular weight is 510 g/mol. The van der Waals surface area contributed by atoms with Crippen molar-refractivity contribution in [3.8, 4) is 11.5 Å². The molecule has 0 atom stereocenters. The van der Waals surface area contributed by atoms with Gasteiger partial charge in [-0.05, 0) is 24.3 Å². The molecule has 2 rings (SSSR count). The molecule has 8 nitrogen and oxygen atoms in total. The van der Waals surface area contributed by atoms with E-state index in [4.69, 9.17) is 27.8 Å². The molecule has 0 fully saturated rings. The van der Waals surface area contributed by atoms with Gasteiger partial charge >= 0.3 is 11.9 Å². The Morgan fingerprint density at radius 3 is 1.20 bits per heavy atom. The highest BCUT2D eigenvalue weighted by Gasteiger charge is 2.13. The average Bonchev–Trinajstić information content (AvgIpc) is 2.92. The van der Waals surface area contributed by atoms with Crippen LogP contribution in [0.25, 0.3) is 0 Å². The highest BCUT2D eigenvalue weighted by molar-refractivity contribution is 5.98. The number of carbonyl (C=O) groups excluding carboxylic acids is 4. The molecule has 0 aliphatic carbocycles. The number of halogens is 5. The second kappa shape index (κ2) is 26.2. The zero-order chi connectivity index (χ0) is 27.5. The number of hydrogen-bond acceptors (Lipinski definition) is 6. The minimum Gasteiger partial charge on any atom is -0.425 e. The summed E-state index contributed by atoms with van der Waals surface area (Å²) >= 11 is 0. The monoisotopic (exact) mass is 510 g/mol. The van der Waals surface area contributed by atoms with Crippen molar-refractivity contribution in [3.05, 3.63) is 60.7 Å². The molecule has 0 unspecified atom stereocenters. The van der Waals surface area contributed by atoms with Gasteiger partial charge in [-0.1, -0.05) is 50.2 Å². The van der Waals surface area contributed by atoms with E-state index in [2.05, 4.69) is 10.6 Å². The SMILES string of the molecule is CC.CF.FF.FF.O=C(CC(=O)NCC(=O)Oc1ccccc1)NCC(=O)Oc1ccccc1. The van der Waals surface area contributed by atoms with Crippen LogP contribution in [0.4, 0.5) is 22.7 Å². The van der Waals surface area contributed by atoms with E-state index >= 15 is 0 Å². The van der Waals surface area contributed by atoms with Gasteiger partial charge in [0.25, 0.3) is 0 Å². The summed E-state index contributed by atoms with van der Waals surface area (Å²) in [6.45, 7) is 3.24. The quantitative estimate of drug-likeness (QED) is 0.239. The number of carbonyl (C=O) groups is 4. The third-order valence-electron chi connectivity index (χ3n) is 3.13. The van der Waals surface area contributed by atoms with Gasteiger partial charge in [0.1, 0.15) is 31.0 Å². The van der Waals surface area contributed by atoms with Gasteiger partial charge in [0.15, 0.2) is 0 Å². The third kappa shape index (κ3) is 20.3. The molecule has 0 bridgehead atoms. The van der Waals surface area contributed by atoms with Crippen molar-refractivity contribution in [2.24, 2.45) is 0 Å². The number of para-hydroxylation sites is 2. The molecule has 0 aliphatic heterocycles. The lowest BCUT2D eigenvalue weighted by molar-refractivity contribution is -0.138. The maximum Gasteiger partial charge on any atom is 0.330 e. The molecule has 196 valence electrons. The van der Waals surface area contributed by atoms with E-state index in [9.17, 15) is 23.6 Å². The molecule has 2 aromatic rings. The van der Waals surface area contributed by atoms with Crippen LogP contribution in [0.1, 0.15) is 20.3 Å². The molecule has 2 N–H and O–H groups in total. The van der Waals surface area contributed by atoms with Crippen molar-refractivity contribution in [2.45, 2.75) is 20.3 Å². The van der Waals surface area contributed by atoms with Crippen LogP contribution in [0.15, 0.2) is 60.7 Å². The Kier molecular flexibility index (Phi) is 26.6. The lowest BCUT2D eigenvalue weighted by Crippen LogP contribution is -2.38. The number of benzene rings is 2. The predicted molar refractivity (Wildman–Crippen MR) is 118 cm³/mol. The molecule has 2 amide bonds. The normalized spacial score (nSPS) is 8.23. The minimum atomic E-state index is -0.672. The molecule has 13 heteroatoms. The fraction of sp³-hybridized carbons (Fsp3) is 0.273. The van der Waals surface area contributed by atoms with E-state index in [1.807, 2.05) is 13.8 Å². The summed E-state index contributed by atoms with van der Waals surface area (Å²) in [4.78, 5) is 46.5. The fourth-order valence-corrected chi connectivity index (χ4v) is 1.92. The van der Waals surface area contributed by atoms with Crippen LogP contribution in [-0.4, -0.2) is 44.0 Å². The number of amides is 2. The van der Waals surface area contributed by atoms with Crippen molar-refractivity contribution >= 4 is 23.8 Å². The van der Waals surface area contributed by atoms with E-state index in [-0.39, 0.29) is 13.1 Å². The Morgan fingerprint density at radius 2 is 0.914 bits per heavy atom. The second-order valence-electron chi connectivity index (χ2n) is 5.30. The molecule has 35 heavy (non-hydrogen) atoms. The minimum absolute atomic E-state index is 0.353. The van der Waals surface area contributed by atoms with Gasteiger partial charge in [-0.15, -0.1) is 0 Å². The van der Waals surface area contributed by atoms with Gasteiger partial charge in [-0.25, -0.2) is 9.59 Å². The van der Waals surface area contributed by atoms with Crippen molar-refractivity contribution < 1.29 is 51.3 Å². The smallest absolute Gasteiger partial charge is 0.330 e. The van der Waals surface area contributed by atoms with Crippen LogP contribution >= 0.6 is 0 Å². The number of nitrogens with one attached hydrogen (secondary N) is 2. The van der Waals surface area contributed by atoms with Gasteiger partial charge in [0.2, 0.25) is 11.8 Å². The summed E-state index contributed by atoms with van der Waals surface area (Å²) in [5, 5.41) is 4.54. The molecule has 0 saturated heterocycles. The summed E-state index contributed by atoms with van der Waals surface area (Å²) in [6, 6.07) is 16.7. The van der Waals surface area contributed by atoms with Gasteiger partial charge in [-0.3, -0.25) is 14.0 Å². The van der Waals surface area contributed by atoms with Crippen LogP contribution in [0.2, 0.25) is 0 Å². The molecule has 0 radical (unpaired) electrons. The molecule has 0 saturated carbocycles. The Morgan fingerprint density at radius 1 is 0.629 bits per heavy atom. The fourth-order valence-electron chi connectivity index (χ4n) is 1.92. The number of ether oxygens (including phenoxy) is 2. The Hall–Kier alpha value is -4.03. The molecule has 0 heterocycles. The van der Waals surface area contributed by atoms with Gasteiger partial charge < -0.3 is 20.1 Å². The van der Waals surface area contributed by atoms with Crippen molar-refractivity contribution in [1.82, 2.24) is 10.6 Å². The molecule has 0 spiro atoms. The standard InChI is InChI=1S/C19H18N2O6.C2H6.CH3F.2F2/c22-16(20-12-18(24)26-14-7-3-1-4-8-14)11-17(23)21-13-19(25)27-15-9-5-2-6-10-15;4*1-2/h1-10H,11-13H2,(H,20,22)(H,21,23);1-2H3;1H3;;. The topological polar surface area (TPSA) is 111 Å². The summed E-state index contributed by atoms with van der Waals surface area (Å²) in [5.74, 6) is -1.97. The number of hydrogen-bond donors (Lipinski definition) is 2. The van der Waals surface area contributed by atoms with E-state index in [1.54, 1.807) is 60.7 Å². The summed E-state index contributed by atoms with van der Waals surface area (Å²) in [6.07, 6.45) is -0.531. The van der Waals surface area contributed by atoms with Gasteiger partial charge in [0.05, 0.1) is 7.18 Å². The second-order valence-corrected chi connectivity index (χ2v) is 5.30. The zero-order valence-electron chi connectivity index (χ0n) is 19.2. The number of alkyl halides is 1. The maximum absolute atomic E-state index is 11.7. The predicted octanol–water partition coefficient (Wildman–Crippen LogP) is 4.11. The molecule has 0 aromatic heterocycles. The van der Waals surface area contributed by atoms with Crippen LogP contribution in [0.5, 0.6) is 11.5 Å². The number of rotatable bonds is 8. The summed E-state index contributed by atoms with van der Waals surface area (Å²) < 4.78 is 51.5. The molecule has 2 aromatic carbocycles. The van der Waals surface area contributed by atoms with E-state index < -0.39 is 30.2 Å². The largest absolute Gasteiger partial charge is 0.425 e. The van der Waals surface area contributed by atoms with Crippen LogP contribution in [-0.2, 0) is 19.2 Å². The van der Waals surface area contributed by atoms with E-state index in [0.29, 0.717) is 18.7 Å². The lowest BCUT2D eigenvalue weighted by Gasteiger charge is -2.07. The van der Waals surface area contributed by atoms with Gasteiger partial charge in [-0.2, -0.15) is 0 Å². The summed E-state index contributed by atoms with van der Waals surface area (Å²) in [7, 11) is 0.500. The van der Waals surface area contributed by atoms with E-state index in [1.165, 1.54) is 0 Å². The van der Waals surface area contributed by atoms with Gasteiger partial charge in [0, 0.05) is 18.3 Å². The van der Waals surface area contributed by atoms with Crippen molar-refractivity contribution in [1.29, 1.82) is 0 Å². The Balaban J connectivity index is -0.00000116. The highest BCUT2D eigenvalue weighted by atomic mass is 20.0. The van der Waals surface area contributed by atoms with Crippen LogP contribution < -0.4 is 20.1 Å². The van der Waals surface area contributed by atoms with Crippen molar-refractivity contribution in [3.63, 3.8) is 0 Å². The first-order chi connectivity index (χ1) is 17.0. The first-order valence-electron chi connectivity index (χ1n) is 9.74. The first-order valence-corrected chi connectivity index (χ1v) is 9.74. The highest BCUT2D eigenvalue weighted by Crippen LogP contribution is 2.08. The number of esters is 2. The van der Waals surface area contributed by atoms with Crippen LogP contribution in [0.3, 0.4) is 0 Å². The summed E-state index contributed by atoms with van der Waals surface area (Å²) in [5.41, 5.74) is 0. The maximum atomic E-state index is 11.7. The zero-order valence-corrected chi connectivity index (χ0v) is 19.2. The molecular weight excluding hydrogens is 483 g/mol. The third-order valence-corrected chi connectivity index (χ3v) is 3.13. The lowest BCUT2D eigenvalue weighted by atomic mass is 10.3. The molecule has 0 aliphatic rings. The Labute approximate surface area is 199 Å². The first kappa shape index (κ1) is 35.6. The van der Waals surface area contributed by atoms with Crippen LogP contribution in [0, 0.1) is 0 Å². The Bertz CT molecular complexity index is 747. The van der Waals surface area contributed by atoms with E-state index in [0.717, 1.165) is 0 Å². The molecular formula is C22H27F5N2O6. The van der Waals surface area contributed by atoms with Crippen molar-refractivity contribution in [2.75, 3.05) is 20.3 Å².